The SMILES string of the molecule is CNCC(O)CN1C(=O)C(=O)c2cc(C)ccc21. The summed E-state index contributed by atoms with van der Waals surface area (Å²) >= 11 is 0. The van der Waals surface area contributed by atoms with E-state index in [1.54, 1.807) is 19.2 Å². The van der Waals surface area contributed by atoms with Crippen LogP contribution in [-0.4, -0.2) is 43.0 Å². The summed E-state index contributed by atoms with van der Waals surface area (Å²) in [5.74, 6) is -1.06. The Balaban J connectivity index is 2.29. The molecule has 1 aromatic carbocycles. The van der Waals surface area contributed by atoms with Gasteiger partial charge in [0.25, 0.3) is 11.7 Å². The maximum absolute atomic E-state index is 11.9. The zero-order valence-corrected chi connectivity index (χ0v) is 10.4. The third kappa shape index (κ3) is 2.14. The van der Waals surface area contributed by atoms with Crippen LogP contribution in [0.15, 0.2) is 18.2 Å². The van der Waals surface area contributed by atoms with Crippen molar-refractivity contribution < 1.29 is 14.7 Å². The summed E-state index contributed by atoms with van der Waals surface area (Å²) in [6, 6.07) is 5.31. The summed E-state index contributed by atoms with van der Waals surface area (Å²) in [4.78, 5) is 25.0. The van der Waals surface area contributed by atoms with Crippen LogP contribution in [0.1, 0.15) is 15.9 Å². The van der Waals surface area contributed by atoms with Gasteiger partial charge in [0.2, 0.25) is 0 Å². The number of likely N-dealkylation sites (N-methyl/N-ethyl adjacent to an activating group) is 1. The number of aliphatic hydroxyl groups excluding tert-OH is 1. The molecule has 0 aliphatic carbocycles. The van der Waals surface area contributed by atoms with Gasteiger partial charge in [0.15, 0.2) is 0 Å². The molecule has 1 aromatic rings. The minimum Gasteiger partial charge on any atom is -0.390 e. The highest BCUT2D eigenvalue weighted by Gasteiger charge is 2.36. The van der Waals surface area contributed by atoms with Crippen LogP contribution in [0.3, 0.4) is 0 Å². The molecule has 1 heterocycles. The monoisotopic (exact) mass is 248 g/mol. The number of β-amino-alcohol motifs (C(OH)–C–C–N with tert-alkyl or cyclic N) is 1. The number of anilines is 1. The smallest absolute Gasteiger partial charge is 0.299 e. The number of aryl methyl sites for hydroxylation is 1. The average molecular weight is 248 g/mol. The Bertz CT molecular complexity index is 499. The molecule has 1 amide bonds. The van der Waals surface area contributed by atoms with Crippen molar-refractivity contribution in [3.63, 3.8) is 0 Å². The molecule has 1 aliphatic rings. The average Bonchev–Trinajstić information content (AvgIpc) is 2.55. The minimum absolute atomic E-state index is 0.126. The quantitative estimate of drug-likeness (QED) is 0.742. The maximum Gasteiger partial charge on any atom is 0.299 e. The first kappa shape index (κ1) is 12.7. The normalized spacial score (nSPS) is 16.1. The summed E-state index contributed by atoms with van der Waals surface area (Å²) in [7, 11) is 1.72. The highest BCUT2D eigenvalue weighted by atomic mass is 16.3. The molecule has 18 heavy (non-hydrogen) atoms. The Hall–Kier alpha value is -1.72. The second kappa shape index (κ2) is 4.88. The number of nitrogens with zero attached hydrogens (tertiary/aromatic N) is 1. The molecule has 0 spiro atoms. The maximum atomic E-state index is 11.9. The van der Waals surface area contributed by atoms with Crippen LogP contribution in [0, 0.1) is 6.92 Å². The molecule has 96 valence electrons. The summed E-state index contributed by atoms with van der Waals surface area (Å²) in [5, 5.41) is 12.6. The van der Waals surface area contributed by atoms with Gasteiger partial charge >= 0.3 is 0 Å². The number of benzene rings is 1. The molecule has 2 N–H and O–H groups in total. The predicted octanol–water partition coefficient (Wildman–Crippen LogP) is 0.105. The van der Waals surface area contributed by atoms with Crippen LogP contribution in [0.25, 0.3) is 0 Å². The van der Waals surface area contributed by atoms with Gasteiger partial charge in [0, 0.05) is 6.54 Å². The van der Waals surface area contributed by atoms with Gasteiger partial charge in [-0.15, -0.1) is 0 Å². The zero-order chi connectivity index (χ0) is 13.3. The van der Waals surface area contributed by atoms with Crippen LogP contribution in [0.4, 0.5) is 5.69 Å². The summed E-state index contributed by atoms with van der Waals surface area (Å²) in [5.41, 5.74) is 1.95. The van der Waals surface area contributed by atoms with E-state index in [9.17, 15) is 14.7 Å². The van der Waals surface area contributed by atoms with Crippen molar-refractivity contribution in [2.75, 3.05) is 25.0 Å². The fourth-order valence-corrected chi connectivity index (χ4v) is 2.11. The van der Waals surface area contributed by atoms with Crippen LogP contribution in [0.2, 0.25) is 0 Å². The molecule has 2 rings (SSSR count). The van der Waals surface area contributed by atoms with Gasteiger partial charge in [0.1, 0.15) is 0 Å². The van der Waals surface area contributed by atoms with E-state index in [0.29, 0.717) is 17.8 Å². The molecule has 1 unspecified atom stereocenters. The van der Waals surface area contributed by atoms with Crippen molar-refractivity contribution in [3.05, 3.63) is 29.3 Å². The van der Waals surface area contributed by atoms with E-state index in [1.807, 2.05) is 13.0 Å². The number of nitrogens with one attached hydrogen (secondary N) is 1. The number of carbonyl (C=O) groups is 2. The molecular formula is C13H16N2O3. The molecule has 0 radical (unpaired) electrons. The third-order valence-corrected chi connectivity index (χ3v) is 2.96. The number of carbonyl (C=O) groups excluding carboxylic acids is 2. The van der Waals surface area contributed by atoms with Crippen LogP contribution in [0.5, 0.6) is 0 Å². The van der Waals surface area contributed by atoms with Gasteiger partial charge in [-0.25, -0.2) is 0 Å². The van der Waals surface area contributed by atoms with Gasteiger partial charge in [0.05, 0.1) is 23.9 Å². The molecule has 1 aliphatic heterocycles. The van der Waals surface area contributed by atoms with Gasteiger partial charge in [-0.3, -0.25) is 9.59 Å². The van der Waals surface area contributed by atoms with Crippen molar-refractivity contribution in [2.45, 2.75) is 13.0 Å². The van der Waals surface area contributed by atoms with Crippen LogP contribution in [-0.2, 0) is 4.79 Å². The fourth-order valence-electron chi connectivity index (χ4n) is 2.11. The van der Waals surface area contributed by atoms with E-state index in [-0.39, 0.29) is 6.54 Å². The molecule has 5 heteroatoms. The first-order chi connectivity index (χ1) is 8.54. The molecule has 0 aromatic heterocycles. The Morgan fingerprint density at radius 2 is 2.11 bits per heavy atom. The van der Waals surface area contributed by atoms with Crippen molar-refractivity contribution >= 4 is 17.4 Å². The number of hydrogen-bond donors (Lipinski definition) is 2. The number of amides is 1. The van der Waals surface area contributed by atoms with Gasteiger partial charge < -0.3 is 15.3 Å². The third-order valence-electron chi connectivity index (χ3n) is 2.96. The molecule has 0 saturated carbocycles. The lowest BCUT2D eigenvalue weighted by Crippen LogP contribution is -2.40. The van der Waals surface area contributed by atoms with Crippen molar-refractivity contribution in [1.82, 2.24) is 5.32 Å². The summed E-state index contributed by atoms with van der Waals surface area (Å²) in [6.07, 6.45) is -0.695. The Labute approximate surface area is 105 Å². The summed E-state index contributed by atoms with van der Waals surface area (Å²) < 4.78 is 0. The standard InChI is InChI=1S/C13H16N2O3/c1-8-3-4-11-10(5-8)12(17)13(18)15(11)7-9(16)6-14-2/h3-5,9,14,16H,6-7H2,1-2H3. The number of ketones is 1. The van der Waals surface area contributed by atoms with Crippen molar-refractivity contribution in [2.24, 2.45) is 0 Å². The second-order valence-corrected chi connectivity index (χ2v) is 4.48. The van der Waals surface area contributed by atoms with Gasteiger partial charge in [-0.1, -0.05) is 11.6 Å². The van der Waals surface area contributed by atoms with E-state index in [4.69, 9.17) is 0 Å². The predicted molar refractivity (Wildman–Crippen MR) is 67.8 cm³/mol. The zero-order valence-electron chi connectivity index (χ0n) is 10.4. The lowest BCUT2D eigenvalue weighted by Gasteiger charge is -2.20. The Morgan fingerprint density at radius 1 is 1.39 bits per heavy atom. The van der Waals surface area contributed by atoms with E-state index >= 15 is 0 Å². The topological polar surface area (TPSA) is 69.6 Å². The molecule has 5 nitrogen and oxygen atoms in total. The molecule has 1 atom stereocenters. The van der Waals surface area contributed by atoms with E-state index < -0.39 is 17.8 Å². The number of Topliss-reactive ketones (excluding diaryl/α,β-unsaturated/α-hetero) is 1. The first-order valence-electron chi connectivity index (χ1n) is 5.84. The van der Waals surface area contributed by atoms with Crippen LogP contribution >= 0.6 is 0 Å². The van der Waals surface area contributed by atoms with E-state index in [0.717, 1.165) is 5.56 Å². The molecule has 0 saturated heterocycles. The molecular weight excluding hydrogens is 232 g/mol. The lowest BCUT2D eigenvalue weighted by atomic mass is 10.1. The largest absolute Gasteiger partial charge is 0.390 e. The van der Waals surface area contributed by atoms with Crippen molar-refractivity contribution in [3.8, 4) is 0 Å². The molecule has 0 fully saturated rings. The van der Waals surface area contributed by atoms with Crippen LogP contribution < -0.4 is 10.2 Å². The second-order valence-electron chi connectivity index (χ2n) is 4.48. The lowest BCUT2D eigenvalue weighted by molar-refractivity contribution is -0.114. The Kier molecular flexibility index (Phi) is 3.45. The van der Waals surface area contributed by atoms with Gasteiger partial charge in [-0.2, -0.15) is 0 Å². The van der Waals surface area contributed by atoms with E-state index in [1.165, 1.54) is 4.90 Å². The number of rotatable bonds is 4. The summed E-state index contributed by atoms with van der Waals surface area (Å²) in [6.45, 7) is 2.37. The Morgan fingerprint density at radius 3 is 2.78 bits per heavy atom. The highest BCUT2D eigenvalue weighted by molar-refractivity contribution is 6.52. The van der Waals surface area contributed by atoms with Gasteiger partial charge in [-0.05, 0) is 26.1 Å². The highest BCUT2D eigenvalue weighted by Crippen LogP contribution is 2.29. The number of fused-ring (bicyclic) bond motifs is 1. The number of hydrogen-bond acceptors (Lipinski definition) is 4. The minimum atomic E-state index is -0.695. The fraction of sp³-hybridized carbons (Fsp3) is 0.385. The van der Waals surface area contributed by atoms with Crippen molar-refractivity contribution in [1.29, 1.82) is 0 Å². The first-order valence-corrected chi connectivity index (χ1v) is 5.84. The van der Waals surface area contributed by atoms with E-state index in [2.05, 4.69) is 5.32 Å². The molecule has 0 bridgehead atoms. The number of aliphatic hydroxyl groups is 1.